The topological polar surface area (TPSA) is 77.8 Å². The molecule has 5 aromatic heterocycles. The van der Waals surface area contributed by atoms with Gasteiger partial charge in [0.05, 0.1) is 5.56 Å². The molecule has 0 saturated heterocycles. The van der Waals surface area contributed by atoms with Gasteiger partial charge in [0.25, 0.3) is 0 Å². The summed E-state index contributed by atoms with van der Waals surface area (Å²) < 4.78 is 15.6. The zero-order valence-corrected chi connectivity index (χ0v) is 31.0. The third kappa shape index (κ3) is 5.17. The van der Waals surface area contributed by atoms with E-state index in [1.54, 1.807) is 6.20 Å². The average Bonchev–Trinajstić information content (AvgIpc) is 3.97. The van der Waals surface area contributed by atoms with Crippen molar-refractivity contribution in [3.05, 3.63) is 170 Å². The number of nitrogens with zero attached hydrogens (tertiary/aromatic N) is 4. The second-order valence-electron chi connectivity index (χ2n) is 14.2. The number of rotatable bonds is 5. The first-order valence-corrected chi connectivity index (χ1v) is 19.6. The second-order valence-corrected chi connectivity index (χ2v) is 15.3. The number of benzene rings is 7. The van der Waals surface area contributed by atoms with E-state index < -0.39 is 0 Å². The fourth-order valence-corrected chi connectivity index (χ4v) is 9.19. The van der Waals surface area contributed by atoms with Gasteiger partial charge in [0.2, 0.25) is 0 Å². The summed E-state index contributed by atoms with van der Waals surface area (Å²) >= 11 is 1.82. The molecule has 0 N–H and O–H groups in total. The van der Waals surface area contributed by atoms with E-state index in [1.807, 2.05) is 60.0 Å². The normalized spacial score (nSPS) is 11.9. The van der Waals surface area contributed by atoms with Crippen molar-refractivity contribution in [2.24, 2.45) is 0 Å². The molecular formula is C50H28N4O2S. The molecule has 0 radical (unpaired) electrons. The Labute approximate surface area is 329 Å². The summed E-state index contributed by atoms with van der Waals surface area (Å²) in [5.74, 6) is 1.61. The molecule has 5 heterocycles. The van der Waals surface area contributed by atoms with E-state index in [1.165, 1.54) is 20.2 Å². The molecule has 12 aromatic rings. The van der Waals surface area contributed by atoms with Crippen LogP contribution < -0.4 is 0 Å². The number of hydrogen-bond acceptors (Lipinski definition) is 7. The van der Waals surface area contributed by atoms with Crippen LogP contribution >= 0.6 is 11.3 Å². The van der Waals surface area contributed by atoms with Gasteiger partial charge in [-0.1, -0.05) is 103 Å². The second kappa shape index (κ2) is 12.5. The first kappa shape index (κ1) is 31.8. The van der Waals surface area contributed by atoms with Crippen molar-refractivity contribution in [1.82, 2.24) is 19.9 Å². The van der Waals surface area contributed by atoms with Crippen LogP contribution in [0.5, 0.6) is 0 Å². The number of aromatic nitrogens is 4. The van der Waals surface area contributed by atoms with Gasteiger partial charge in [-0.2, -0.15) is 0 Å². The van der Waals surface area contributed by atoms with Gasteiger partial charge >= 0.3 is 0 Å². The molecule has 6 nitrogen and oxygen atoms in total. The molecule has 0 atom stereocenters. The Morgan fingerprint density at radius 3 is 1.88 bits per heavy atom. The summed E-state index contributed by atoms with van der Waals surface area (Å²) in [5.41, 5.74) is 9.94. The first-order chi connectivity index (χ1) is 28.2. The minimum absolute atomic E-state index is 0.519. The van der Waals surface area contributed by atoms with Crippen molar-refractivity contribution >= 4 is 75.4 Å². The molecule has 0 spiro atoms. The Bertz CT molecular complexity index is 3530. The smallest absolute Gasteiger partial charge is 0.167 e. The maximum absolute atomic E-state index is 6.77. The van der Waals surface area contributed by atoms with Gasteiger partial charge in [-0.25, -0.2) is 15.0 Å². The van der Waals surface area contributed by atoms with Gasteiger partial charge in [-0.15, -0.1) is 11.3 Å². The van der Waals surface area contributed by atoms with Gasteiger partial charge in [-0.3, -0.25) is 4.98 Å². The number of thiophene rings is 1. The molecule has 0 amide bonds. The van der Waals surface area contributed by atoms with Crippen LogP contribution in [0.2, 0.25) is 0 Å². The maximum Gasteiger partial charge on any atom is 0.167 e. The number of pyridine rings is 1. The van der Waals surface area contributed by atoms with Crippen LogP contribution in [-0.2, 0) is 0 Å². The predicted octanol–water partition coefficient (Wildman–Crippen LogP) is 13.8. The first-order valence-electron chi connectivity index (χ1n) is 18.8. The fourth-order valence-electron chi connectivity index (χ4n) is 8.10. The lowest BCUT2D eigenvalue weighted by Crippen LogP contribution is -2.00. The molecule has 0 aliphatic carbocycles. The Hall–Kier alpha value is -7.48. The van der Waals surface area contributed by atoms with Crippen LogP contribution in [0, 0.1) is 0 Å². The Morgan fingerprint density at radius 2 is 1.04 bits per heavy atom. The quantitative estimate of drug-likeness (QED) is 0.174. The highest BCUT2D eigenvalue weighted by Gasteiger charge is 2.22. The van der Waals surface area contributed by atoms with Gasteiger partial charge < -0.3 is 8.83 Å². The van der Waals surface area contributed by atoms with Crippen molar-refractivity contribution in [3.8, 4) is 56.4 Å². The van der Waals surface area contributed by atoms with E-state index in [9.17, 15) is 0 Å². The molecule has 0 aliphatic rings. The van der Waals surface area contributed by atoms with Crippen molar-refractivity contribution < 1.29 is 8.83 Å². The van der Waals surface area contributed by atoms with Gasteiger partial charge in [0.15, 0.2) is 17.5 Å². The number of fused-ring (bicyclic) bond motifs is 9. The number of furan rings is 2. The van der Waals surface area contributed by atoms with E-state index in [-0.39, 0.29) is 0 Å². The van der Waals surface area contributed by atoms with E-state index in [0.29, 0.717) is 17.5 Å². The largest absolute Gasteiger partial charge is 0.456 e. The van der Waals surface area contributed by atoms with Crippen molar-refractivity contribution in [3.63, 3.8) is 0 Å². The van der Waals surface area contributed by atoms with E-state index in [4.69, 9.17) is 23.8 Å². The summed E-state index contributed by atoms with van der Waals surface area (Å²) in [7, 11) is 0. The molecule has 266 valence electrons. The fraction of sp³-hybridized carbons (Fsp3) is 0. The minimum atomic E-state index is 0.519. The van der Waals surface area contributed by atoms with Crippen molar-refractivity contribution in [1.29, 1.82) is 0 Å². The third-order valence-electron chi connectivity index (χ3n) is 10.9. The SMILES string of the molecule is c1cncc(-c2ccc(-c3nc(-c4ccc5c(c4)oc4ccccc45)nc(-c4ccc(-c5ccc6sc7ccccc7c6c5)c5c4oc4ccccc45)n3)cc2)c1. The lowest BCUT2D eigenvalue weighted by Gasteiger charge is -2.11. The molecule has 0 bridgehead atoms. The molecule has 12 rings (SSSR count). The zero-order chi connectivity index (χ0) is 37.5. The van der Waals surface area contributed by atoms with E-state index in [2.05, 4.69) is 120 Å². The number of hydrogen-bond donors (Lipinski definition) is 0. The summed E-state index contributed by atoms with van der Waals surface area (Å²) in [5, 5.41) is 6.70. The molecule has 0 aliphatic heterocycles. The van der Waals surface area contributed by atoms with Crippen molar-refractivity contribution in [2.45, 2.75) is 0 Å². The van der Waals surface area contributed by atoms with Gasteiger partial charge in [0.1, 0.15) is 22.3 Å². The van der Waals surface area contributed by atoms with Crippen LogP contribution in [0.4, 0.5) is 0 Å². The van der Waals surface area contributed by atoms with E-state index >= 15 is 0 Å². The molecular weight excluding hydrogens is 721 g/mol. The Kier molecular flexibility index (Phi) is 7.00. The standard InChI is InChI=1S/C50H28N4O2S/c1-4-12-41-35(9-1)36-21-19-32(27-43(36)55-41)49-52-48(30-17-15-29(16-18-30)33-8-7-25-51-28-33)53-50(54-49)39-23-22-34(46-38-11-2-5-13-42(38)56-47(39)46)31-20-24-45-40(26-31)37-10-3-6-14-44(37)57-45/h1-28H. The lowest BCUT2D eigenvalue weighted by molar-refractivity contribution is 0.668. The van der Waals surface area contributed by atoms with Crippen LogP contribution in [0.3, 0.4) is 0 Å². The van der Waals surface area contributed by atoms with Gasteiger partial charge in [-0.05, 0) is 76.9 Å². The Balaban J connectivity index is 1.07. The predicted molar refractivity (Wildman–Crippen MR) is 232 cm³/mol. The number of para-hydroxylation sites is 2. The average molecular weight is 749 g/mol. The molecule has 57 heavy (non-hydrogen) atoms. The minimum Gasteiger partial charge on any atom is -0.456 e. The molecule has 0 fully saturated rings. The lowest BCUT2D eigenvalue weighted by atomic mass is 9.96. The summed E-state index contributed by atoms with van der Waals surface area (Å²) in [6, 6.07) is 54.4. The highest BCUT2D eigenvalue weighted by Crippen LogP contribution is 2.44. The summed E-state index contributed by atoms with van der Waals surface area (Å²) in [4.78, 5) is 19.8. The van der Waals surface area contributed by atoms with Crippen LogP contribution in [0.1, 0.15) is 0 Å². The molecule has 0 saturated carbocycles. The van der Waals surface area contributed by atoms with Crippen LogP contribution in [-0.4, -0.2) is 19.9 Å². The van der Waals surface area contributed by atoms with Gasteiger partial charge in [0, 0.05) is 65.2 Å². The van der Waals surface area contributed by atoms with Crippen LogP contribution in [0.25, 0.3) is 120 Å². The molecule has 7 aromatic carbocycles. The van der Waals surface area contributed by atoms with E-state index in [0.717, 1.165) is 82.8 Å². The zero-order valence-electron chi connectivity index (χ0n) is 30.2. The molecule has 0 unspecified atom stereocenters. The highest BCUT2D eigenvalue weighted by atomic mass is 32.1. The third-order valence-corrected chi connectivity index (χ3v) is 12.0. The monoisotopic (exact) mass is 748 g/mol. The Morgan fingerprint density at radius 1 is 0.386 bits per heavy atom. The van der Waals surface area contributed by atoms with Crippen LogP contribution in [0.15, 0.2) is 179 Å². The summed E-state index contributed by atoms with van der Waals surface area (Å²) in [6.07, 6.45) is 3.65. The highest BCUT2D eigenvalue weighted by molar-refractivity contribution is 7.25. The summed E-state index contributed by atoms with van der Waals surface area (Å²) in [6.45, 7) is 0. The maximum atomic E-state index is 6.77. The molecule has 7 heteroatoms. The van der Waals surface area contributed by atoms with Crippen molar-refractivity contribution in [2.75, 3.05) is 0 Å².